The monoisotopic (exact) mass is 553 g/mol. The molecule has 2 aromatic carbocycles. The number of guanidine groups is 1. The van der Waals surface area contributed by atoms with Gasteiger partial charge in [0, 0.05) is 51.5 Å². The summed E-state index contributed by atoms with van der Waals surface area (Å²) in [7, 11) is 1.67. The molecule has 9 heteroatoms. The fourth-order valence-electron chi connectivity index (χ4n) is 3.59. The molecule has 0 spiro atoms. The summed E-state index contributed by atoms with van der Waals surface area (Å²) in [5.74, 6) is 0.747. The number of benzene rings is 2. The van der Waals surface area contributed by atoms with Crippen LogP contribution in [0.5, 0.6) is 0 Å². The minimum Gasteiger partial charge on any atom is -0.383 e. The van der Waals surface area contributed by atoms with Crippen molar-refractivity contribution in [1.29, 1.82) is 0 Å². The molecule has 1 heterocycles. The average Bonchev–Trinajstić information content (AvgIpc) is 2.79. The van der Waals surface area contributed by atoms with Gasteiger partial charge >= 0.3 is 0 Å². The minimum atomic E-state index is -0.392. The van der Waals surface area contributed by atoms with E-state index in [1.807, 2.05) is 6.07 Å². The number of piperidine rings is 1. The number of halogens is 1. The molecule has 0 unspecified atom stereocenters. The first-order valence-electron chi connectivity index (χ1n) is 10.7. The third-order valence-electron chi connectivity index (χ3n) is 5.34. The van der Waals surface area contributed by atoms with E-state index >= 15 is 0 Å². The Labute approximate surface area is 206 Å². The van der Waals surface area contributed by atoms with E-state index in [-0.39, 0.29) is 29.7 Å². The second-order valence-corrected chi connectivity index (χ2v) is 7.69. The maximum absolute atomic E-state index is 10.8. The summed E-state index contributed by atoms with van der Waals surface area (Å²) < 4.78 is 5.14. The largest absolute Gasteiger partial charge is 0.383 e. The molecular formula is C23H32IN5O3. The summed E-state index contributed by atoms with van der Waals surface area (Å²) in [5.41, 5.74) is 2.36. The molecule has 0 aliphatic carbocycles. The van der Waals surface area contributed by atoms with Gasteiger partial charge in [0.1, 0.15) is 0 Å². The zero-order valence-electron chi connectivity index (χ0n) is 18.4. The Kier molecular flexibility index (Phi) is 11.4. The third-order valence-corrected chi connectivity index (χ3v) is 5.34. The highest BCUT2D eigenvalue weighted by Gasteiger charge is 2.20. The number of nitro benzene ring substituents is 1. The molecule has 0 saturated carbocycles. The fraction of sp³-hybridized carbons (Fsp3) is 0.435. The van der Waals surface area contributed by atoms with Crippen molar-refractivity contribution in [3.63, 3.8) is 0 Å². The third kappa shape index (κ3) is 8.71. The van der Waals surface area contributed by atoms with Crippen LogP contribution in [0.1, 0.15) is 24.0 Å². The van der Waals surface area contributed by atoms with Crippen molar-refractivity contribution in [3.8, 4) is 0 Å². The Morgan fingerprint density at radius 2 is 1.81 bits per heavy atom. The van der Waals surface area contributed by atoms with Gasteiger partial charge in [-0.2, -0.15) is 0 Å². The van der Waals surface area contributed by atoms with Crippen LogP contribution in [-0.4, -0.2) is 55.2 Å². The van der Waals surface area contributed by atoms with E-state index in [0.29, 0.717) is 25.7 Å². The van der Waals surface area contributed by atoms with E-state index in [4.69, 9.17) is 4.74 Å². The van der Waals surface area contributed by atoms with Crippen LogP contribution >= 0.6 is 24.0 Å². The number of non-ortho nitro benzene ring substituents is 1. The fourth-order valence-corrected chi connectivity index (χ4v) is 3.59. The SMILES string of the molecule is COCCNC(=NCc1ccc([N+](=O)[O-])cc1)NC1CCN(Cc2ccccc2)CC1.I. The number of hydrogen-bond acceptors (Lipinski definition) is 5. The van der Waals surface area contributed by atoms with Crippen LogP contribution in [-0.2, 0) is 17.8 Å². The molecule has 32 heavy (non-hydrogen) atoms. The van der Waals surface area contributed by atoms with Gasteiger partial charge in [0.05, 0.1) is 18.1 Å². The number of nitrogens with zero attached hydrogens (tertiary/aromatic N) is 3. The molecule has 0 aromatic heterocycles. The van der Waals surface area contributed by atoms with Gasteiger partial charge in [0.2, 0.25) is 0 Å². The van der Waals surface area contributed by atoms with Gasteiger partial charge in [0.25, 0.3) is 5.69 Å². The van der Waals surface area contributed by atoms with Crippen molar-refractivity contribution in [2.24, 2.45) is 4.99 Å². The van der Waals surface area contributed by atoms with Crippen LogP contribution in [0, 0.1) is 10.1 Å². The minimum absolute atomic E-state index is 0. The Balaban J connectivity index is 0.00000363. The molecule has 174 valence electrons. The molecule has 3 rings (SSSR count). The predicted molar refractivity (Wildman–Crippen MR) is 137 cm³/mol. The van der Waals surface area contributed by atoms with Gasteiger partial charge in [-0.15, -0.1) is 24.0 Å². The topological polar surface area (TPSA) is 92.0 Å². The first-order chi connectivity index (χ1) is 15.1. The normalized spacial score (nSPS) is 15.1. The summed E-state index contributed by atoms with van der Waals surface area (Å²) in [4.78, 5) is 17.6. The molecule has 1 fully saturated rings. The standard InChI is InChI=1S/C23H31N5O3.HI/c1-31-16-13-24-23(25-17-19-7-9-22(10-8-19)28(29)30)26-21-11-14-27(15-12-21)18-20-5-3-2-4-6-20;/h2-10,21H,11-18H2,1H3,(H2,24,25,26);1H. The number of ether oxygens (including phenoxy) is 1. The van der Waals surface area contributed by atoms with Crippen molar-refractivity contribution in [1.82, 2.24) is 15.5 Å². The quantitative estimate of drug-likeness (QED) is 0.123. The summed E-state index contributed by atoms with van der Waals surface area (Å²) in [6.07, 6.45) is 2.10. The zero-order chi connectivity index (χ0) is 21.9. The first-order valence-corrected chi connectivity index (χ1v) is 10.7. The smallest absolute Gasteiger partial charge is 0.269 e. The zero-order valence-corrected chi connectivity index (χ0v) is 20.7. The molecular weight excluding hydrogens is 521 g/mol. The van der Waals surface area contributed by atoms with Crippen molar-refractivity contribution >= 4 is 35.6 Å². The number of methoxy groups -OCH3 is 1. The van der Waals surface area contributed by atoms with E-state index in [1.54, 1.807) is 19.2 Å². The highest BCUT2D eigenvalue weighted by Crippen LogP contribution is 2.15. The second kappa shape index (κ2) is 14.0. The Morgan fingerprint density at radius 3 is 2.44 bits per heavy atom. The number of aliphatic imine (C=N–C) groups is 1. The van der Waals surface area contributed by atoms with Crippen LogP contribution in [0.3, 0.4) is 0 Å². The number of nitrogens with one attached hydrogen (secondary N) is 2. The predicted octanol–water partition coefficient (Wildman–Crippen LogP) is 3.56. The van der Waals surface area contributed by atoms with E-state index in [1.165, 1.54) is 17.7 Å². The van der Waals surface area contributed by atoms with Gasteiger partial charge in [-0.25, -0.2) is 4.99 Å². The van der Waals surface area contributed by atoms with E-state index < -0.39 is 4.92 Å². The lowest BCUT2D eigenvalue weighted by atomic mass is 10.0. The van der Waals surface area contributed by atoms with Crippen LogP contribution < -0.4 is 10.6 Å². The van der Waals surface area contributed by atoms with Crippen LogP contribution in [0.25, 0.3) is 0 Å². The highest BCUT2D eigenvalue weighted by atomic mass is 127. The average molecular weight is 553 g/mol. The molecule has 2 N–H and O–H groups in total. The van der Waals surface area contributed by atoms with E-state index in [0.717, 1.165) is 44.0 Å². The maximum atomic E-state index is 10.8. The Hall–Kier alpha value is -2.24. The number of hydrogen-bond donors (Lipinski definition) is 2. The molecule has 2 aromatic rings. The van der Waals surface area contributed by atoms with Gasteiger partial charge in [0.15, 0.2) is 5.96 Å². The van der Waals surface area contributed by atoms with E-state index in [9.17, 15) is 10.1 Å². The van der Waals surface area contributed by atoms with Gasteiger partial charge in [-0.1, -0.05) is 42.5 Å². The lowest BCUT2D eigenvalue weighted by Crippen LogP contribution is -2.49. The molecule has 0 bridgehead atoms. The van der Waals surface area contributed by atoms with Crippen LogP contribution in [0.15, 0.2) is 59.6 Å². The van der Waals surface area contributed by atoms with E-state index in [2.05, 4.69) is 44.8 Å². The summed E-state index contributed by atoms with van der Waals surface area (Å²) in [6.45, 7) is 4.78. The number of nitro groups is 1. The molecule has 0 atom stereocenters. The Morgan fingerprint density at radius 1 is 1.12 bits per heavy atom. The number of rotatable bonds is 9. The highest BCUT2D eigenvalue weighted by molar-refractivity contribution is 14.0. The molecule has 0 radical (unpaired) electrons. The first kappa shape index (κ1) is 26.0. The maximum Gasteiger partial charge on any atom is 0.269 e. The summed E-state index contributed by atoms with van der Waals surface area (Å²) in [5, 5.41) is 17.7. The number of likely N-dealkylation sites (tertiary alicyclic amines) is 1. The van der Waals surface area contributed by atoms with Crippen molar-refractivity contribution in [2.45, 2.75) is 32.0 Å². The Bertz CT molecular complexity index is 840. The second-order valence-electron chi connectivity index (χ2n) is 7.69. The van der Waals surface area contributed by atoms with Crippen LogP contribution in [0.4, 0.5) is 5.69 Å². The van der Waals surface area contributed by atoms with Gasteiger partial charge in [-0.05, 0) is 24.0 Å². The van der Waals surface area contributed by atoms with Crippen LogP contribution in [0.2, 0.25) is 0 Å². The molecule has 8 nitrogen and oxygen atoms in total. The van der Waals surface area contributed by atoms with Crippen molar-refractivity contribution in [2.75, 3.05) is 33.4 Å². The molecule has 1 aliphatic rings. The lowest BCUT2D eigenvalue weighted by molar-refractivity contribution is -0.384. The van der Waals surface area contributed by atoms with Gasteiger partial charge < -0.3 is 15.4 Å². The summed E-state index contributed by atoms with van der Waals surface area (Å²) in [6, 6.07) is 17.4. The van der Waals surface area contributed by atoms with Gasteiger partial charge in [-0.3, -0.25) is 15.0 Å². The lowest BCUT2D eigenvalue weighted by Gasteiger charge is -2.33. The van der Waals surface area contributed by atoms with Crippen molar-refractivity contribution < 1.29 is 9.66 Å². The molecule has 0 amide bonds. The molecule has 1 saturated heterocycles. The summed E-state index contributed by atoms with van der Waals surface area (Å²) >= 11 is 0. The molecule has 1 aliphatic heterocycles. The van der Waals surface area contributed by atoms with Crippen molar-refractivity contribution in [3.05, 3.63) is 75.8 Å².